The maximum Gasteiger partial charge on any atom is 0.115 e. The molecule has 4 nitrogen and oxygen atoms in total. The molecule has 31 heavy (non-hydrogen) atoms. The fourth-order valence-electron chi connectivity index (χ4n) is 2.25. The quantitative estimate of drug-likeness (QED) is 0.296. The molecule has 3 aromatic rings. The summed E-state index contributed by atoms with van der Waals surface area (Å²) < 4.78 is 0. The van der Waals surface area contributed by atoms with Gasteiger partial charge in [0.05, 0.1) is 26.7 Å². The van der Waals surface area contributed by atoms with Crippen LogP contribution in [0, 0.1) is 0 Å². The van der Waals surface area contributed by atoms with Gasteiger partial charge in [0.25, 0.3) is 0 Å². The maximum atomic E-state index is 8.48. The van der Waals surface area contributed by atoms with E-state index >= 15 is 0 Å². The van der Waals surface area contributed by atoms with Gasteiger partial charge in [0.1, 0.15) is 6.33 Å². The summed E-state index contributed by atoms with van der Waals surface area (Å²) in [6, 6.07) is 6.42. The summed E-state index contributed by atoms with van der Waals surface area (Å²) in [5.74, 6) is 0. The topological polar surface area (TPSA) is 58.0 Å². The smallest absolute Gasteiger partial charge is 0.115 e. The fourth-order valence-corrected chi connectivity index (χ4v) is 5.18. The first-order valence-electron chi connectivity index (χ1n) is 8.84. The number of halogens is 6. The van der Waals surface area contributed by atoms with E-state index in [0.29, 0.717) is 46.5 Å². The number of nitrogens with one attached hydrogen (secondary N) is 1. The predicted octanol–water partition coefficient (Wildman–Crippen LogP) is 7.36. The average molecular weight is 560 g/mol. The number of hydrogen-bond donors (Lipinski definition) is 2. The van der Waals surface area contributed by atoms with Crippen LogP contribution in [0.4, 0.5) is 0 Å². The highest BCUT2D eigenvalue weighted by molar-refractivity contribution is 7.99. The summed E-state index contributed by atoms with van der Waals surface area (Å²) in [6.07, 6.45) is 6.02. The lowest BCUT2D eigenvalue weighted by Crippen LogP contribution is -2.20. The lowest BCUT2D eigenvalue weighted by molar-refractivity contribution is 0.293. The normalized spacial score (nSPS) is 10.5. The Kier molecular flexibility index (Phi) is 12.0. The molecule has 0 aliphatic heterocycles. The first-order valence-corrected chi connectivity index (χ1v) is 11.9. The van der Waals surface area contributed by atoms with Crippen LogP contribution in [0.1, 0.15) is 5.56 Å². The average Bonchev–Trinajstić information content (AvgIpc) is 2.71. The van der Waals surface area contributed by atoms with E-state index in [2.05, 4.69) is 15.3 Å². The molecule has 0 atom stereocenters. The van der Waals surface area contributed by atoms with Crippen LogP contribution < -0.4 is 5.32 Å². The lowest BCUT2D eigenvalue weighted by atomic mass is 10.2. The van der Waals surface area contributed by atoms with Crippen LogP contribution in [-0.4, -0.2) is 34.8 Å². The van der Waals surface area contributed by atoms with Crippen LogP contribution in [0.2, 0.25) is 30.1 Å². The molecule has 0 unspecified atom stereocenters. The van der Waals surface area contributed by atoms with Crippen molar-refractivity contribution in [3.8, 4) is 0 Å². The Balaban J connectivity index is 0.000000245. The first-order chi connectivity index (χ1) is 14.8. The number of hydrogen-bond acceptors (Lipinski definition) is 5. The zero-order chi connectivity index (χ0) is 22.8. The molecule has 2 N–H and O–H groups in total. The van der Waals surface area contributed by atoms with E-state index in [0.717, 1.165) is 18.5 Å². The van der Waals surface area contributed by atoms with Crippen molar-refractivity contribution < 1.29 is 5.11 Å². The summed E-state index contributed by atoms with van der Waals surface area (Å²) in [6.45, 7) is 1.69. The Morgan fingerprint density at radius 1 is 0.742 bits per heavy atom. The highest BCUT2D eigenvalue weighted by Crippen LogP contribution is 2.45. The summed E-state index contributed by atoms with van der Waals surface area (Å²) in [5, 5.41) is 14.2. The minimum Gasteiger partial charge on any atom is -0.395 e. The zero-order valence-corrected chi connectivity index (χ0v) is 21.2. The number of rotatable bonds is 7. The molecule has 0 saturated carbocycles. The van der Waals surface area contributed by atoms with Gasteiger partial charge in [-0.3, -0.25) is 0 Å². The van der Waals surface area contributed by atoms with Gasteiger partial charge in [0.2, 0.25) is 0 Å². The monoisotopic (exact) mass is 557 g/mol. The van der Waals surface area contributed by atoms with Crippen molar-refractivity contribution in [3.63, 3.8) is 0 Å². The van der Waals surface area contributed by atoms with Gasteiger partial charge in [-0.1, -0.05) is 81.4 Å². The molecule has 3 rings (SSSR count). The molecule has 11 heteroatoms. The van der Waals surface area contributed by atoms with E-state index in [1.807, 2.05) is 0 Å². The molecular weight excluding hydrogens is 543 g/mol. The Hall–Kier alpha value is -0.470. The van der Waals surface area contributed by atoms with Crippen LogP contribution in [0.3, 0.4) is 0 Å². The second-order valence-corrected chi connectivity index (χ2v) is 9.49. The van der Waals surface area contributed by atoms with Gasteiger partial charge < -0.3 is 10.4 Å². The molecule has 0 aliphatic rings. The van der Waals surface area contributed by atoms with Crippen molar-refractivity contribution >= 4 is 81.4 Å². The SMILES string of the molecule is Clc1cc(Cl)c(Sc2c(Cl)cc(Cl)cc2Cl)c(Cl)c1.OCCNCCc1cncnc1. The number of aromatic nitrogens is 2. The standard InChI is InChI=1S/C12H4Cl6S.C8H13N3O/c13-5-1-7(15)11(8(16)2-5)19-12-9(17)3-6(14)4-10(12)18;12-4-3-9-2-1-8-5-10-7-11-6-8/h1-4H;5-7,9,12H,1-4H2. The van der Waals surface area contributed by atoms with Crippen LogP contribution in [0.25, 0.3) is 0 Å². The first kappa shape index (κ1) is 26.8. The second kappa shape index (κ2) is 13.9. The summed E-state index contributed by atoms with van der Waals surface area (Å²) in [5.41, 5.74) is 1.11. The second-order valence-electron chi connectivity index (χ2n) is 5.97. The maximum absolute atomic E-state index is 8.48. The molecule has 0 fully saturated rings. The van der Waals surface area contributed by atoms with Crippen LogP contribution >= 0.6 is 81.4 Å². The summed E-state index contributed by atoms with van der Waals surface area (Å²) >= 11 is 37.5. The number of aliphatic hydroxyl groups is 1. The van der Waals surface area contributed by atoms with Crippen molar-refractivity contribution in [3.05, 3.63) is 78.7 Å². The predicted molar refractivity (Wildman–Crippen MR) is 133 cm³/mol. The van der Waals surface area contributed by atoms with Gasteiger partial charge in [-0.2, -0.15) is 0 Å². The van der Waals surface area contributed by atoms with Gasteiger partial charge in [0.15, 0.2) is 0 Å². The van der Waals surface area contributed by atoms with E-state index in [9.17, 15) is 0 Å². The molecule has 0 aliphatic carbocycles. The molecule has 0 amide bonds. The highest BCUT2D eigenvalue weighted by Gasteiger charge is 2.15. The molecule has 1 aromatic heterocycles. The van der Waals surface area contributed by atoms with E-state index in [4.69, 9.17) is 74.7 Å². The van der Waals surface area contributed by atoms with Crippen molar-refractivity contribution in [1.29, 1.82) is 0 Å². The van der Waals surface area contributed by atoms with E-state index < -0.39 is 0 Å². The molecule has 0 radical (unpaired) electrons. The molecule has 2 aromatic carbocycles. The van der Waals surface area contributed by atoms with Gasteiger partial charge in [0, 0.05) is 38.8 Å². The fraction of sp³-hybridized carbons (Fsp3) is 0.200. The Bertz CT molecular complexity index is 892. The zero-order valence-electron chi connectivity index (χ0n) is 15.9. The third kappa shape index (κ3) is 9.12. The summed E-state index contributed by atoms with van der Waals surface area (Å²) in [4.78, 5) is 9.07. The van der Waals surface area contributed by atoms with E-state index in [1.54, 1.807) is 36.7 Å². The highest BCUT2D eigenvalue weighted by atomic mass is 35.5. The van der Waals surface area contributed by atoms with E-state index in [1.165, 1.54) is 18.1 Å². The van der Waals surface area contributed by atoms with E-state index in [-0.39, 0.29) is 6.61 Å². The third-order valence-electron chi connectivity index (χ3n) is 3.62. The van der Waals surface area contributed by atoms with Crippen LogP contribution in [0.15, 0.2) is 52.8 Å². The number of aliphatic hydroxyl groups excluding tert-OH is 1. The minimum atomic E-state index is 0.186. The Morgan fingerprint density at radius 2 is 1.19 bits per heavy atom. The minimum absolute atomic E-state index is 0.186. The van der Waals surface area contributed by atoms with Crippen molar-refractivity contribution in [2.24, 2.45) is 0 Å². The molecule has 0 spiro atoms. The molecular formula is C20H17Cl6N3OS. The Morgan fingerprint density at radius 3 is 1.61 bits per heavy atom. The van der Waals surface area contributed by atoms with Gasteiger partial charge in [-0.15, -0.1) is 0 Å². The molecule has 0 saturated heterocycles. The number of nitrogens with zero attached hydrogens (tertiary/aromatic N) is 2. The van der Waals surface area contributed by atoms with Crippen LogP contribution in [-0.2, 0) is 6.42 Å². The Labute approximate surface area is 215 Å². The third-order valence-corrected chi connectivity index (χ3v) is 6.99. The lowest BCUT2D eigenvalue weighted by Gasteiger charge is -2.10. The van der Waals surface area contributed by atoms with Crippen LogP contribution in [0.5, 0.6) is 0 Å². The molecule has 1 heterocycles. The molecule has 166 valence electrons. The van der Waals surface area contributed by atoms with Crippen molar-refractivity contribution in [2.75, 3.05) is 19.7 Å². The van der Waals surface area contributed by atoms with Gasteiger partial charge in [-0.05, 0) is 42.8 Å². The van der Waals surface area contributed by atoms with Crippen molar-refractivity contribution in [2.45, 2.75) is 16.2 Å². The number of benzene rings is 2. The summed E-state index contributed by atoms with van der Waals surface area (Å²) in [7, 11) is 0. The largest absolute Gasteiger partial charge is 0.395 e. The van der Waals surface area contributed by atoms with Gasteiger partial charge in [-0.25, -0.2) is 9.97 Å². The van der Waals surface area contributed by atoms with Gasteiger partial charge >= 0.3 is 0 Å². The van der Waals surface area contributed by atoms with Crippen molar-refractivity contribution in [1.82, 2.24) is 15.3 Å². The molecule has 0 bridgehead atoms.